The summed E-state index contributed by atoms with van der Waals surface area (Å²) in [5, 5.41) is 8.90. The van der Waals surface area contributed by atoms with Crippen LogP contribution in [0.15, 0.2) is 34.6 Å². The number of hydrogen-bond donors (Lipinski definition) is 2. The maximum atomic E-state index is 5.67. The van der Waals surface area contributed by atoms with Crippen LogP contribution in [0.4, 0.5) is 0 Å². The van der Waals surface area contributed by atoms with Crippen LogP contribution in [-0.4, -0.2) is 39.9 Å². The van der Waals surface area contributed by atoms with Crippen LogP contribution >= 0.6 is 35.3 Å². The van der Waals surface area contributed by atoms with Gasteiger partial charge in [-0.05, 0) is 43.0 Å². The van der Waals surface area contributed by atoms with Gasteiger partial charge in [0.05, 0.1) is 27.4 Å². The molecule has 0 bridgehead atoms. The number of rotatable bonds is 10. The van der Waals surface area contributed by atoms with Gasteiger partial charge in [0, 0.05) is 23.4 Å². The monoisotopic (exact) mass is 547 g/mol. The summed E-state index contributed by atoms with van der Waals surface area (Å²) in [6.45, 7) is 11.1. The summed E-state index contributed by atoms with van der Waals surface area (Å²) in [4.78, 5) is 6.09. The molecule has 0 radical (unpaired) electrons. The molecule has 0 saturated carbocycles. The van der Waals surface area contributed by atoms with Crippen LogP contribution in [0.5, 0.6) is 17.2 Å². The van der Waals surface area contributed by atoms with E-state index in [1.54, 1.807) is 25.6 Å². The summed E-state index contributed by atoms with van der Waals surface area (Å²) in [5.74, 6) is 2.69. The molecule has 0 aliphatic rings. The van der Waals surface area contributed by atoms with E-state index in [4.69, 9.17) is 19.2 Å². The first-order valence-electron chi connectivity index (χ1n) is 9.89. The Morgan fingerprint density at radius 1 is 1.10 bits per heavy atom. The fourth-order valence-electron chi connectivity index (χ4n) is 2.88. The van der Waals surface area contributed by atoms with E-state index in [-0.39, 0.29) is 29.4 Å². The van der Waals surface area contributed by atoms with Gasteiger partial charge < -0.3 is 24.8 Å². The molecule has 0 saturated heterocycles. The van der Waals surface area contributed by atoms with Crippen molar-refractivity contribution in [3.8, 4) is 17.2 Å². The third kappa shape index (κ3) is 7.23. The molecular weight excluding hydrogens is 513 g/mol. The molecule has 8 heteroatoms. The van der Waals surface area contributed by atoms with Crippen LogP contribution in [0, 0.1) is 0 Å². The summed E-state index contributed by atoms with van der Waals surface area (Å²) >= 11 is 1.78. The Labute approximate surface area is 201 Å². The fourth-order valence-corrected chi connectivity index (χ4v) is 3.73. The topological polar surface area (TPSA) is 64.1 Å². The number of ether oxygens (including phenoxy) is 3. The molecule has 6 nitrogen and oxygen atoms in total. The molecule has 0 fully saturated rings. The van der Waals surface area contributed by atoms with Gasteiger partial charge in [-0.15, -0.1) is 35.3 Å². The zero-order valence-electron chi connectivity index (χ0n) is 18.7. The van der Waals surface area contributed by atoms with E-state index in [0.717, 1.165) is 24.6 Å². The lowest BCUT2D eigenvalue weighted by atomic mass is 9.91. The molecule has 1 aromatic heterocycles. The van der Waals surface area contributed by atoms with Gasteiger partial charge in [0.25, 0.3) is 0 Å². The Balaban J connectivity index is 0.00000450. The number of thiophene rings is 1. The van der Waals surface area contributed by atoms with Crippen molar-refractivity contribution in [3.63, 3.8) is 0 Å². The predicted molar refractivity (Wildman–Crippen MR) is 136 cm³/mol. The number of benzene rings is 1. The summed E-state index contributed by atoms with van der Waals surface area (Å²) in [7, 11) is 3.26. The average Bonchev–Trinajstić information content (AvgIpc) is 3.26. The number of nitrogens with one attached hydrogen (secondary N) is 2. The Bertz CT molecular complexity index is 770. The Kier molecular flexibility index (Phi) is 11.3. The first-order valence-corrected chi connectivity index (χ1v) is 10.8. The first kappa shape index (κ1) is 26.4. The third-order valence-electron chi connectivity index (χ3n) is 4.46. The number of nitrogens with zero attached hydrogens (tertiary/aromatic N) is 1. The maximum Gasteiger partial charge on any atom is 0.203 e. The normalized spacial score (nSPS) is 11.5. The minimum atomic E-state index is 0. The summed E-state index contributed by atoms with van der Waals surface area (Å²) < 4.78 is 16.6. The van der Waals surface area contributed by atoms with Crippen molar-refractivity contribution >= 4 is 41.3 Å². The van der Waals surface area contributed by atoms with Gasteiger partial charge in [-0.2, -0.15) is 0 Å². The maximum absolute atomic E-state index is 5.67. The number of guanidine groups is 1. The summed E-state index contributed by atoms with van der Waals surface area (Å²) in [5.41, 5.74) is 1.01. The van der Waals surface area contributed by atoms with E-state index in [9.17, 15) is 0 Å². The van der Waals surface area contributed by atoms with E-state index in [1.165, 1.54) is 4.88 Å². The van der Waals surface area contributed by atoms with Crippen molar-refractivity contribution in [2.45, 2.75) is 39.7 Å². The molecule has 0 aliphatic heterocycles. The summed E-state index contributed by atoms with van der Waals surface area (Å²) in [6, 6.07) is 8.15. The second-order valence-corrected chi connectivity index (χ2v) is 8.12. The fraction of sp³-hybridized carbons (Fsp3) is 0.500. The highest BCUT2D eigenvalue weighted by Crippen LogP contribution is 2.38. The predicted octanol–water partition coefficient (Wildman–Crippen LogP) is 4.81. The molecule has 2 rings (SSSR count). The minimum absolute atomic E-state index is 0. The van der Waals surface area contributed by atoms with Crippen LogP contribution in [0.25, 0.3) is 0 Å². The molecule has 0 atom stereocenters. The molecule has 0 spiro atoms. The zero-order valence-corrected chi connectivity index (χ0v) is 21.9. The zero-order chi connectivity index (χ0) is 21.3. The van der Waals surface area contributed by atoms with E-state index in [2.05, 4.69) is 48.9 Å². The Hall–Kier alpha value is -1.68. The van der Waals surface area contributed by atoms with Gasteiger partial charge in [0.15, 0.2) is 17.5 Å². The van der Waals surface area contributed by atoms with Gasteiger partial charge in [-0.1, -0.05) is 19.9 Å². The summed E-state index contributed by atoms with van der Waals surface area (Å²) in [6.07, 6.45) is 0. The van der Waals surface area contributed by atoms with Gasteiger partial charge in [-0.3, -0.25) is 0 Å². The molecular formula is C22H34IN3O3S. The molecule has 0 aliphatic carbocycles. The molecule has 1 heterocycles. The Morgan fingerprint density at radius 3 is 2.27 bits per heavy atom. The van der Waals surface area contributed by atoms with Gasteiger partial charge in [-0.25, -0.2) is 4.99 Å². The average molecular weight is 548 g/mol. The molecule has 2 N–H and O–H groups in total. The largest absolute Gasteiger partial charge is 0.493 e. The first-order chi connectivity index (χ1) is 13.9. The minimum Gasteiger partial charge on any atom is -0.493 e. The lowest BCUT2D eigenvalue weighted by Crippen LogP contribution is -2.43. The Morgan fingerprint density at radius 2 is 1.77 bits per heavy atom. The number of aliphatic imine (C=N–C) groups is 1. The molecule has 30 heavy (non-hydrogen) atoms. The van der Waals surface area contributed by atoms with Crippen LogP contribution in [0.2, 0.25) is 0 Å². The van der Waals surface area contributed by atoms with Crippen molar-refractivity contribution in [1.82, 2.24) is 10.6 Å². The molecule has 0 amide bonds. The van der Waals surface area contributed by atoms with E-state index in [0.29, 0.717) is 30.4 Å². The highest BCUT2D eigenvalue weighted by Gasteiger charge is 2.22. The third-order valence-corrected chi connectivity index (χ3v) is 5.69. The highest BCUT2D eigenvalue weighted by atomic mass is 127. The lowest BCUT2D eigenvalue weighted by Gasteiger charge is -2.25. The van der Waals surface area contributed by atoms with Crippen molar-refractivity contribution < 1.29 is 14.2 Å². The van der Waals surface area contributed by atoms with Crippen molar-refractivity contribution in [2.24, 2.45) is 4.99 Å². The van der Waals surface area contributed by atoms with Crippen LogP contribution in [0.1, 0.15) is 38.1 Å². The SMILES string of the molecule is CCNC(=NCc1cc(OC)c(OCC)c(OC)c1)NCC(C)(C)c1cccs1.I. The molecule has 0 unspecified atom stereocenters. The van der Waals surface area contributed by atoms with Crippen molar-refractivity contribution in [2.75, 3.05) is 33.9 Å². The number of hydrogen-bond acceptors (Lipinski definition) is 5. The van der Waals surface area contributed by atoms with E-state index < -0.39 is 0 Å². The standard InChI is InChI=1S/C22H33N3O3S.HI/c1-7-23-21(25-15-22(3,4)19-10-9-11-29-19)24-14-16-12-17(26-5)20(28-8-2)18(13-16)27-6;/h9-13H,7-8,14-15H2,1-6H3,(H2,23,24,25);1H. The van der Waals surface area contributed by atoms with Crippen molar-refractivity contribution in [1.29, 1.82) is 0 Å². The smallest absolute Gasteiger partial charge is 0.203 e. The van der Waals surface area contributed by atoms with E-state index >= 15 is 0 Å². The molecule has 2 aromatic rings. The van der Waals surface area contributed by atoms with Crippen molar-refractivity contribution in [3.05, 3.63) is 40.1 Å². The highest BCUT2D eigenvalue weighted by molar-refractivity contribution is 14.0. The quantitative estimate of drug-likeness (QED) is 0.254. The van der Waals surface area contributed by atoms with Gasteiger partial charge >= 0.3 is 0 Å². The number of methoxy groups -OCH3 is 2. The van der Waals surface area contributed by atoms with Crippen LogP contribution in [-0.2, 0) is 12.0 Å². The van der Waals surface area contributed by atoms with Gasteiger partial charge in [0.2, 0.25) is 5.75 Å². The molecule has 168 valence electrons. The molecule has 1 aromatic carbocycles. The van der Waals surface area contributed by atoms with E-state index in [1.807, 2.05) is 19.1 Å². The van der Waals surface area contributed by atoms with Gasteiger partial charge in [0.1, 0.15) is 0 Å². The van der Waals surface area contributed by atoms with Crippen LogP contribution < -0.4 is 24.8 Å². The lowest BCUT2D eigenvalue weighted by molar-refractivity contribution is 0.288. The number of halogens is 1. The second kappa shape index (κ2) is 12.9. The van der Waals surface area contributed by atoms with Crippen LogP contribution in [0.3, 0.4) is 0 Å². The second-order valence-electron chi connectivity index (χ2n) is 7.17.